The maximum Gasteiger partial charge on any atom is 0.333 e. The van der Waals surface area contributed by atoms with Crippen LogP contribution in [0.4, 0.5) is 0 Å². The van der Waals surface area contributed by atoms with E-state index >= 15 is 0 Å². The zero-order valence-corrected chi connectivity index (χ0v) is 8.68. The van der Waals surface area contributed by atoms with Gasteiger partial charge in [0.25, 0.3) is 0 Å². The summed E-state index contributed by atoms with van der Waals surface area (Å²) in [6.07, 6.45) is 0. The molecule has 68 valence electrons. The quantitative estimate of drug-likeness (QED) is 0.421. The lowest BCUT2D eigenvalue weighted by atomic mass is 10.3. The molecule has 0 aromatic carbocycles. The van der Waals surface area contributed by atoms with Gasteiger partial charge in [-0.2, -0.15) is 0 Å². The largest absolute Gasteiger partial charge is 0.454 e. The number of alkyl halides is 1. The molecule has 0 saturated heterocycles. The number of Topliss-reactive ketones (excluding diaryl/α,β-unsaturated/α-hetero) is 1. The Morgan fingerprint density at radius 3 is 2.42 bits per heavy atom. The van der Waals surface area contributed by atoms with Gasteiger partial charge in [0.05, 0.1) is 4.83 Å². The first kappa shape index (κ1) is 11.4. The number of ether oxygens (including phenoxy) is 1. The first-order chi connectivity index (χ1) is 5.45. The van der Waals surface area contributed by atoms with Gasteiger partial charge in [0.2, 0.25) is 0 Å². The van der Waals surface area contributed by atoms with Crippen molar-refractivity contribution in [2.45, 2.75) is 18.7 Å². The second kappa shape index (κ2) is 5.09. The van der Waals surface area contributed by atoms with Crippen LogP contribution in [0, 0.1) is 0 Å². The fourth-order valence-electron chi connectivity index (χ4n) is 0.375. The Bertz CT molecular complexity index is 208. The molecule has 12 heavy (non-hydrogen) atoms. The molecule has 0 saturated carbocycles. The van der Waals surface area contributed by atoms with Gasteiger partial charge in [0, 0.05) is 5.57 Å². The molecule has 0 N–H and O–H groups in total. The number of esters is 1. The van der Waals surface area contributed by atoms with Crippen LogP contribution in [0.3, 0.4) is 0 Å². The van der Waals surface area contributed by atoms with Crippen LogP contribution in [0.5, 0.6) is 0 Å². The van der Waals surface area contributed by atoms with Crippen LogP contribution in [-0.2, 0) is 14.3 Å². The highest BCUT2D eigenvalue weighted by Gasteiger charge is 2.11. The molecular weight excluding hydrogens is 224 g/mol. The molecule has 0 aromatic heterocycles. The van der Waals surface area contributed by atoms with E-state index in [1.54, 1.807) is 6.92 Å². The lowest BCUT2D eigenvalue weighted by Crippen LogP contribution is -2.19. The monoisotopic (exact) mass is 234 g/mol. The summed E-state index contributed by atoms with van der Waals surface area (Å²) in [6, 6.07) is 0. The van der Waals surface area contributed by atoms with Crippen LogP contribution in [0.15, 0.2) is 12.2 Å². The van der Waals surface area contributed by atoms with Crippen LogP contribution in [0.2, 0.25) is 0 Å². The number of carbonyl (C=O) groups is 2. The molecule has 0 amide bonds. The van der Waals surface area contributed by atoms with Crippen LogP contribution in [0.25, 0.3) is 0 Å². The van der Waals surface area contributed by atoms with Gasteiger partial charge in [-0.1, -0.05) is 22.5 Å². The van der Waals surface area contributed by atoms with E-state index in [9.17, 15) is 9.59 Å². The Hall–Kier alpha value is -0.640. The zero-order chi connectivity index (χ0) is 9.72. The van der Waals surface area contributed by atoms with Crippen molar-refractivity contribution in [3.8, 4) is 0 Å². The van der Waals surface area contributed by atoms with Gasteiger partial charge in [-0.25, -0.2) is 4.79 Å². The molecule has 1 unspecified atom stereocenters. The van der Waals surface area contributed by atoms with Gasteiger partial charge in [0.1, 0.15) is 0 Å². The predicted octanol–water partition coefficient (Wildman–Crippen LogP) is 1.46. The van der Waals surface area contributed by atoms with Crippen molar-refractivity contribution in [1.29, 1.82) is 0 Å². The van der Waals surface area contributed by atoms with E-state index in [1.807, 2.05) is 0 Å². The average Bonchev–Trinajstić information content (AvgIpc) is 1.98. The minimum absolute atomic E-state index is 0.162. The number of hydrogen-bond donors (Lipinski definition) is 0. The molecule has 0 rings (SSSR count). The molecule has 0 spiro atoms. The van der Waals surface area contributed by atoms with Crippen molar-refractivity contribution in [1.82, 2.24) is 0 Å². The summed E-state index contributed by atoms with van der Waals surface area (Å²) in [4.78, 5) is 21.4. The molecule has 4 heteroatoms. The minimum atomic E-state index is -0.531. The molecule has 0 aliphatic carbocycles. The summed E-state index contributed by atoms with van der Waals surface area (Å²) < 4.78 is 4.61. The van der Waals surface area contributed by atoms with Crippen LogP contribution >= 0.6 is 15.9 Å². The van der Waals surface area contributed by atoms with E-state index < -0.39 is 5.97 Å². The summed E-state index contributed by atoms with van der Waals surface area (Å²) in [5.41, 5.74) is 0.296. The Kier molecular flexibility index (Phi) is 4.81. The number of carbonyl (C=O) groups excluding carboxylic acids is 2. The third-order valence-electron chi connectivity index (χ3n) is 1.14. The van der Waals surface area contributed by atoms with E-state index in [1.165, 1.54) is 6.92 Å². The minimum Gasteiger partial charge on any atom is -0.454 e. The maximum absolute atomic E-state index is 10.9. The van der Waals surface area contributed by atoms with E-state index in [0.29, 0.717) is 5.57 Å². The molecule has 0 bridgehead atoms. The summed E-state index contributed by atoms with van der Waals surface area (Å²) in [5, 5.41) is 0. The van der Waals surface area contributed by atoms with Gasteiger partial charge in [0.15, 0.2) is 12.4 Å². The number of halogens is 1. The average molecular weight is 235 g/mol. The van der Waals surface area contributed by atoms with Gasteiger partial charge in [-0.05, 0) is 13.8 Å². The third-order valence-corrected chi connectivity index (χ3v) is 1.65. The zero-order valence-electron chi connectivity index (χ0n) is 7.09. The Labute approximate surface area is 79.9 Å². The molecule has 0 radical (unpaired) electrons. The van der Waals surface area contributed by atoms with Crippen molar-refractivity contribution in [2.24, 2.45) is 0 Å². The van der Waals surface area contributed by atoms with Gasteiger partial charge < -0.3 is 4.74 Å². The van der Waals surface area contributed by atoms with Crippen molar-refractivity contribution in [3.05, 3.63) is 12.2 Å². The molecule has 1 atom stereocenters. The predicted molar refractivity (Wildman–Crippen MR) is 49.2 cm³/mol. The fourth-order valence-corrected chi connectivity index (χ4v) is 0.507. The first-order valence-electron chi connectivity index (χ1n) is 3.44. The first-order valence-corrected chi connectivity index (χ1v) is 4.36. The third kappa shape index (κ3) is 4.28. The molecular formula is C8H11BrO3. The summed E-state index contributed by atoms with van der Waals surface area (Å²) in [5.74, 6) is -0.693. The lowest BCUT2D eigenvalue weighted by molar-refractivity contribution is -0.143. The van der Waals surface area contributed by atoms with Gasteiger partial charge in [-0.15, -0.1) is 0 Å². The summed E-state index contributed by atoms with van der Waals surface area (Å²) in [7, 11) is 0. The van der Waals surface area contributed by atoms with Crippen molar-refractivity contribution >= 4 is 27.7 Å². The highest BCUT2D eigenvalue weighted by molar-refractivity contribution is 9.10. The summed E-state index contributed by atoms with van der Waals surface area (Å²) in [6.45, 7) is 6.39. The topological polar surface area (TPSA) is 43.4 Å². The van der Waals surface area contributed by atoms with Crippen molar-refractivity contribution in [3.63, 3.8) is 0 Å². The fraction of sp³-hybridized carbons (Fsp3) is 0.500. The SMILES string of the molecule is C=C(C)C(=O)OCC(=O)C(C)Br. The molecule has 0 heterocycles. The van der Waals surface area contributed by atoms with E-state index in [-0.39, 0.29) is 17.2 Å². The highest BCUT2D eigenvalue weighted by atomic mass is 79.9. The smallest absolute Gasteiger partial charge is 0.333 e. The van der Waals surface area contributed by atoms with Crippen molar-refractivity contribution in [2.75, 3.05) is 6.61 Å². The standard InChI is InChI=1S/C8H11BrO3/c1-5(2)8(11)12-4-7(10)6(3)9/h6H,1,4H2,2-3H3. The Morgan fingerprint density at radius 2 is 2.08 bits per heavy atom. The number of ketones is 1. The molecule has 0 fully saturated rings. The van der Waals surface area contributed by atoms with Crippen molar-refractivity contribution < 1.29 is 14.3 Å². The number of hydrogen-bond acceptors (Lipinski definition) is 3. The molecule has 0 aliphatic heterocycles. The maximum atomic E-state index is 10.9. The van der Waals surface area contributed by atoms with E-state index in [2.05, 4.69) is 27.2 Å². The highest BCUT2D eigenvalue weighted by Crippen LogP contribution is 2.00. The number of rotatable bonds is 4. The normalized spacial score (nSPS) is 11.9. The molecule has 0 aliphatic rings. The Balaban J connectivity index is 3.77. The summed E-state index contributed by atoms with van der Waals surface area (Å²) >= 11 is 3.06. The van der Waals surface area contributed by atoms with Crippen LogP contribution < -0.4 is 0 Å². The second-order valence-corrected chi connectivity index (χ2v) is 3.81. The molecule has 3 nitrogen and oxygen atoms in total. The Morgan fingerprint density at radius 1 is 1.58 bits per heavy atom. The molecule has 0 aromatic rings. The van der Waals surface area contributed by atoms with E-state index in [4.69, 9.17) is 0 Å². The van der Waals surface area contributed by atoms with E-state index in [0.717, 1.165) is 0 Å². The van der Waals surface area contributed by atoms with Gasteiger partial charge >= 0.3 is 5.97 Å². The lowest BCUT2D eigenvalue weighted by Gasteiger charge is -2.04. The van der Waals surface area contributed by atoms with Crippen LogP contribution in [-0.4, -0.2) is 23.2 Å². The van der Waals surface area contributed by atoms with Crippen LogP contribution in [0.1, 0.15) is 13.8 Å². The van der Waals surface area contributed by atoms with Gasteiger partial charge in [-0.3, -0.25) is 4.79 Å². The second-order valence-electron chi connectivity index (χ2n) is 2.44.